The predicted octanol–water partition coefficient (Wildman–Crippen LogP) is 7.08. The van der Waals surface area contributed by atoms with Gasteiger partial charge in [-0.15, -0.1) is 0 Å². The zero-order valence-corrected chi connectivity index (χ0v) is 15.2. The Morgan fingerprint density at radius 2 is 1.80 bits per heavy atom. The summed E-state index contributed by atoms with van der Waals surface area (Å²) in [5, 5.41) is 0. The zero-order chi connectivity index (χ0) is 15.2. The summed E-state index contributed by atoms with van der Waals surface area (Å²) in [4.78, 5) is 0. The first-order valence-electron chi connectivity index (χ1n) is 9.44. The van der Waals surface area contributed by atoms with Gasteiger partial charge in [0.1, 0.15) is 0 Å². The molecule has 0 spiro atoms. The summed E-state index contributed by atoms with van der Waals surface area (Å²) in [6.07, 6.45) is 13.0. The third kappa shape index (κ3) is 4.78. The smallest absolute Gasteiger partial charge is 0.0297 e. The molecule has 0 nitrogen and oxygen atoms in total. The molecule has 1 saturated carbocycles. The highest BCUT2D eigenvalue weighted by Gasteiger charge is 2.40. The van der Waals surface area contributed by atoms with E-state index in [2.05, 4.69) is 41.5 Å². The van der Waals surface area contributed by atoms with Crippen LogP contribution in [0, 0.1) is 29.1 Å². The third-order valence-corrected chi connectivity index (χ3v) is 6.84. The second kappa shape index (κ2) is 8.44. The van der Waals surface area contributed by atoms with Gasteiger partial charge in [0, 0.05) is 0 Å². The lowest BCUT2D eigenvalue weighted by Crippen LogP contribution is -2.23. The number of hydrogen-bond acceptors (Lipinski definition) is 0. The Balaban J connectivity index is 2.32. The van der Waals surface area contributed by atoms with E-state index in [9.17, 15) is 0 Å². The molecule has 0 bridgehead atoms. The van der Waals surface area contributed by atoms with Gasteiger partial charge in [-0.25, -0.2) is 0 Å². The van der Waals surface area contributed by atoms with E-state index in [1.165, 1.54) is 57.8 Å². The van der Waals surface area contributed by atoms with E-state index in [-0.39, 0.29) is 0 Å². The fraction of sp³-hybridized carbons (Fsp3) is 1.00. The number of rotatable bonds is 9. The molecule has 1 rings (SSSR count). The van der Waals surface area contributed by atoms with Crippen molar-refractivity contribution in [3.63, 3.8) is 0 Å². The average Bonchev–Trinajstić information content (AvgIpc) is 2.73. The minimum atomic E-state index is 0.656. The van der Waals surface area contributed by atoms with Gasteiger partial charge in [-0.1, -0.05) is 80.1 Å². The van der Waals surface area contributed by atoms with Crippen LogP contribution >= 0.6 is 0 Å². The molecule has 20 heavy (non-hydrogen) atoms. The molecule has 120 valence electrons. The Bertz CT molecular complexity index is 257. The van der Waals surface area contributed by atoms with Gasteiger partial charge in [-0.2, -0.15) is 0 Å². The van der Waals surface area contributed by atoms with Gasteiger partial charge < -0.3 is 0 Å². The highest BCUT2D eigenvalue weighted by atomic mass is 14.5. The molecule has 5 atom stereocenters. The molecule has 0 aromatic carbocycles. The lowest BCUT2D eigenvalue weighted by atomic mass is 9.73. The van der Waals surface area contributed by atoms with E-state index in [0.29, 0.717) is 5.41 Å². The largest absolute Gasteiger partial charge is 0.0654 e. The molecule has 0 N–H and O–H groups in total. The number of hydrogen-bond donors (Lipinski definition) is 0. The van der Waals surface area contributed by atoms with E-state index in [1.54, 1.807) is 0 Å². The average molecular weight is 281 g/mol. The van der Waals surface area contributed by atoms with Crippen LogP contribution in [0.25, 0.3) is 0 Å². The Kier molecular flexibility index (Phi) is 7.62. The van der Waals surface area contributed by atoms with Crippen LogP contribution in [0.15, 0.2) is 0 Å². The molecule has 0 saturated heterocycles. The molecule has 5 unspecified atom stereocenters. The monoisotopic (exact) mass is 280 g/mol. The summed E-state index contributed by atoms with van der Waals surface area (Å²) in [6, 6.07) is 0. The van der Waals surface area contributed by atoms with Crippen LogP contribution in [0.3, 0.4) is 0 Å². The first kappa shape index (κ1) is 18.1. The first-order chi connectivity index (χ1) is 9.44. The second-order valence-electron chi connectivity index (χ2n) is 8.14. The zero-order valence-electron chi connectivity index (χ0n) is 15.2. The summed E-state index contributed by atoms with van der Waals surface area (Å²) in [6.45, 7) is 14.7. The minimum Gasteiger partial charge on any atom is -0.0654 e. The SMILES string of the molecule is CCCCC1(C)CCC(CCCC(C)C(C)CC)C1C. The summed E-state index contributed by atoms with van der Waals surface area (Å²) in [5.74, 6) is 3.79. The van der Waals surface area contributed by atoms with Crippen molar-refractivity contribution in [1.82, 2.24) is 0 Å². The van der Waals surface area contributed by atoms with Crippen LogP contribution < -0.4 is 0 Å². The Hall–Kier alpha value is 0. The predicted molar refractivity (Wildman–Crippen MR) is 92.0 cm³/mol. The van der Waals surface area contributed by atoms with Gasteiger partial charge in [-0.05, 0) is 48.3 Å². The van der Waals surface area contributed by atoms with Crippen molar-refractivity contribution in [3.05, 3.63) is 0 Å². The molecule has 1 aliphatic carbocycles. The standard InChI is InChI=1S/C20H40/c1-7-9-14-20(6)15-13-19(18(20)5)12-10-11-17(4)16(3)8-2/h16-19H,7-15H2,1-6H3. The molecule has 0 aromatic rings. The molecule has 0 aromatic heterocycles. The van der Waals surface area contributed by atoms with Crippen molar-refractivity contribution >= 4 is 0 Å². The minimum absolute atomic E-state index is 0.656. The molecule has 1 aliphatic rings. The van der Waals surface area contributed by atoms with Crippen molar-refractivity contribution in [2.45, 2.75) is 99.3 Å². The highest BCUT2D eigenvalue weighted by molar-refractivity contribution is 4.91. The fourth-order valence-electron chi connectivity index (χ4n) is 4.28. The van der Waals surface area contributed by atoms with Crippen molar-refractivity contribution in [1.29, 1.82) is 0 Å². The summed E-state index contributed by atoms with van der Waals surface area (Å²) >= 11 is 0. The molecule has 0 heterocycles. The van der Waals surface area contributed by atoms with Crippen LogP contribution in [0.2, 0.25) is 0 Å². The van der Waals surface area contributed by atoms with Crippen molar-refractivity contribution in [2.75, 3.05) is 0 Å². The van der Waals surface area contributed by atoms with E-state index >= 15 is 0 Å². The summed E-state index contributed by atoms with van der Waals surface area (Å²) < 4.78 is 0. The Labute approximate surface area is 129 Å². The van der Waals surface area contributed by atoms with Crippen LogP contribution in [0.5, 0.6) is 0 Å². The van der Waals surface area contributed by atoms with Gasteiger partial charge in [0.15, 0.2) is 0 Å². The molecular weight excluding hydrogens is 240 g/mol. The molecule has 0 aliphatic heterocycles. The quantitative estimate of drug-likeness (QED) is 0.423. The topological polar surface area (TPSA) is 0 Å². The van der Waals surface area contributed by atoms with Crippen LogP contribution in [0.1, 0.15) is 99.3 Å². The van der Waals surface area contributed by atoms with Crippen molar-refractivity contribution < 1.29 is 0 Å². The van der Waals surface area contributed by atoms with Crippen LogP contribution in [0.4, 0.5) is 0 Å². The molecule has 1 fully saturated rings. The fourth-order valence-corrected chi connectivity index (χ4v) is 4.28. The summed E-state index contributed by atoms with van der Waals surface area (Å²) in [5.41, 5.74) is 0.656. The summed E-state index contributed by atoms with van der Waals surface area (Å²) in [7, 11) is 0. The van der Waals surface area contributed by atoms with E-state index in [0.717, 1.165) is 23.7 Å². The van der Waals surface area contributed by atoms with E-state index < -0.39 is 0 Å². The van der Waals surface area contributed by atoms with Crippen LogP contribution in [-0.4, -0.2) is 0 Å². The lowest BCUT2D eigenvalue weighted by molar-refractivity contribution is 0.182. The normalized spacial score (nSPS) is 33.3. The molecular formula is C20H40. The van der Waals surface area contributed by atoms with Crippen LogP contribution in [-0.2, 0) is 0 Å². The number of unbranched alkanes of at least 4 members (excludes halogenated alkanes) is 1. The maximum absolute atomic E-state index is 2.56. The highest BCUT2D eigenvalue weighted by Crippen LogP contribution is 2.51. The van der Waals surface area contributed by atoms with Gasteiger partial charge in [0.2, 0.25) is 0 Å². The molecule has 0 amide bonds. The van der Waals surface area contributed by atoms with Crippen molar-refractivity contribution in [3.8, 4) is 0 Å². The molecule has 0 radical (unpaired) electrons. The Morgan fingerprint density at radius 1 is 1.10 bits per heavy atom. The van der Waals surface area contributed by atoms with Gasteiger partial charge in [-0.3, -0.25) is 0 Å². The third-order valence-electron chi connectivity index (χ3n) is 6.84. The van der Waals surface area contributed by atoms with Gasteiger partial charge in [0.05, 0.1) is 0 Å². The van der Waals surface area contributed by atoms with Gasteiger partial charge in [0.25, 0.3) is 0 Å². The lowest BCUT2D eigenvalue weighted by Gasteiger charge is -2.32. The Morgan fingerprint density at radius 3 is 2.40 bits per heavy atom. The van der Waals surface area contributed by atoms with Crippen molar-refractivity contribution in [2.24, 2.45) is 29.1 Å². The molecule has 0 heteroatoms. The maximum Gasteiger partial charge on any atom is -0.0297 e. The van der Waals surface area contributed by atoms with E-state index in [4.69, 9.17) is 0 Å². The first-order valence-corrected chi connectivity index (χ1v) is 9.44. The van der Waals surface area contributed by atoms with E-state index in [1.807, 2.05) is 0 Å². The maximum atomic E-state index is 2.56. The van der Waals surface area contributed by atoms with Gasteiger partial charge >= 0.3 is 0 Å². The second-order valence-corrected chi connectivity index (χ2v) is 8.14.